The van der Waals surface area contributed by atoms with Crippen molar-refractivity contribution in [1.29, 1.82) is 0 Å². The molecule has 9 heavy (non-hydrogen) atoms. The third-order valence-electron chi connectivity index (χ3n) is 1.99. The second kappa shape index (κ2) is 2.90. The standard InChI is InChI=1S/C8H15N/c1-7-3-2-4-8(9)6-5-7/h4,7H,2-3,5-6,9H2,1H3. The predicted molar refractivity (Wildman–Crippen MR) is 39.9 cm³/mol. The van der Waals surface area contributed by atoms with Crippen molar-refractivity contribution >= 4 is 0 Å². The van der Waals surface area contributed by atoms with Gasteiger partial charge in [0.2, 0.25) is 0 Å². The molecule has 0 radical (unpaired) electrons. The molecule has 0 amide bonds. The van der Waals surface area contributed by atoms with Crippen LogP contribution in [0.2, 0.25) is 0 Å². The summed E-state index contributed by atoms with van der Waals surface area (Å²) in [5, 5.41) is 0. The molecule has 0 heterocycles. The topological polar surface area (TPSA) is 26.0 Å². The molecule has 0 saturated heterocycles. The van der Waals surface area contributed by atoms with E-state index in [1.807, 2.05) is 0 Å². The molecule has 1 aliphatic rings. The number of hydrogen-bond donors (Lipinski definition) is 1. The zero-order valence-corrected chi connectivity index (χ0v) is 6.06. The van der Waals surface area contributed by atoms with E-state index >= 15 is 0 Å². The van der Waals surface area contributed by atoms with Gasteiger partial charge in [0.05, 0.1) is 0 Å². The molecular weight excluding hydrogens is 110 g/mol. The minimum Gasteiger partial charge on any atom is -0.402 e. The van der Waals surface area contributed by atoms with E-state index in [0.29, 0.717) is 0 Å². The summed E-state index contributed by atoms with van der Waals surface area (Å²) in [7, 11) is 0. The number of hydrogen-bond acceptors (Lipinski definition) is 1. The zero-order chi connectivity index (χ0) is 6.69. The molecule has 0 aromatic rings. The Labute approximate surface area is 56.9 Å². The highest BCUT2D eigenvalue weighted by Crippen LogP contribution is 2.19. The predicted octanol–water partition coefficient (Wildman–Crippen LogP) is 2.04. The largest absolute Gasteiger partial charge is 0.402 e. The molecule has 1 rings (SSSR count). The van der Waals surface area contributed by atoms with Gasteiger partial charge in [-0.25, -0.2) is 0 Å². The molecule has 0 aromatic carbocycles. The van der Waals surface area contributed by atoms with E-state index < -0.39 is 0 Å². The minimum atomic E-state index is 0.877. The highest BCUT2D eigenvalue weighted by molar-refractivity contribution is 4.98. The molecule has 1 aliphatic carbocycles. The van der Waals surface area contributed by atoms with Crippen LogP contribution >= 0.6 is 0 Å². The van der Waals surface area contributed by atoms with Gasteiger partial charge in [0.15, 0.2) is 0 Å². The van der Waals surface area contributed by atoms with Crippen molar-refractivity contribution in [3.8, 4) is 0 Å². The first-order valence-corrected chi connectivity index (χ1v) is 3.73. The molecule has 2 N–H and O–H groups in total. The van der Waals surface area contributed by atoms with Gasteiger partial charge in [0, 0.05) is 5.70 Å². The SMILES string of the molecule is CC1CCC=C(N)CC1. The summed E-state index contributed by atoms with van der Waals surface area (Å²) in [4.78, 5) is 0. The molecular formula is C8H15N. The summed E-state index contributed by atoms with van der Waals surface area (Å²) >= 11 is 0. The lowest BCUT2D eigenvalue weighted by Crippen LogP contribution is -1.96. The first-order valence-electron chi connectivity index (χ1n) is 3.73. The fourth-order valence-electron chi connectivity index (χ4n) is 1.21. The van der Waals surface area contributed by atoms with Gasteiger partial charge in [-0.15, -0.1) is 0 Å². The molecule has 0 bridgehead atoms. The van der Waals surface area contributed by atoms with Crippen molar-refractivity contribution in [1.82, 2.24) is 0 Å². The second-order valence-corrected chi connectivity index (χ2v) is 3.00. The van der Waals surface area contributed by atoms with Crippen LogP contribution in [0.1, 0.15) is 32.6 Å². The van der Waals surface area contributed by atoms with Gasteiger partial charge in [-0.2, -0.15) is 0 Å². The van der Waals surface area contributed by atoms with Gasteiger partial charge in [-0.05, 0) is 31.6 Å². The molecule has 1 heteroatoms. The summed E-state index contributed by atoms with van der Waals surface area (Å²) in [6.45, 7) is 2.30. The van der Waals surface area contributed by atoms with E-state index in [9.17, 15) is 0 Å². The van der Waals surface area contributed by atoms with E-state index in [1.54, 1.807) is 0 Å². The van der Waals surface area contributed by atoms with Gasteiger partial charge in [-0.1, -0.05) is 13.0 Å². The molecule has 0 aliphatic heterocycles. The lowest BCUT2D eigenvalue weighted by molar-refractivity contribution is 0.510. The molecule has 0 spiro atoms. The molecule has 0 aromatic heterocycles. The van der Waals surface area contributed by atoms with Crippen LogP contribution in [0.3, 0.4) is 0 Å². The van der Waals surface area contributed by atoms with E-state index in [0.717, 1.165) is 18.0 Å². The first kappa shape index (κ1) is 6.66. The van der Waals surface area contributed by atoms with Crippen molar-refractivity contribution in [3.05, 3.63) is 11.8 Å². The van der Waals surface area contributed by atoms with Crippen LogP contribution in [0, 0.1) is 5.92 Å². The first-order chi connectivity index (χ1) is 4.29. The van der Waals surface area contributed by atoms with Gasteiger partial charge in [-0.3, -0.25) is 0 Å². The third-order valence-corrected chi connectivity index (χ3v) is 1.99. The van der Waals surface area contributed by atoms with Crippen molar-refractivity contribution in [2.24, 2.45) is 11.7 Å². The maximum absolute atomic E-state index is 5.66. The molecule has 1 unspecified atom stereocenters. The summed E-state index contributed by atoms with van der Waals surface area (Å²) in [6.07, 6.45) is 7.07. The Kier molecular flexibility index (Phi) is 2.15. The molecule has 0 fully saturated rings. The fraction of sp³-hybridized carbons (Fsp3) is 0.750. The average Bonchev–Trinajstić information content (AvgIpc) is 1.97. The molecule has 1 atom stereocenters. The van der Waals surface area contributed by atoms with Gasteiger partial charge in [0.25, 0.3) is 0 Å². The van der Waals surface area contributed by atoms with Crippen LogP contribution in [-0.2, 0) is 0 Å². The van der Waals surface area contributed by atoms with Crippen LogP contribution in [0.5, 0.6) is 0 Å². The summed E-state index contributed by atoms with van der Waals surface area (Å²) in [5.74, 6) is 0.877. The Balaban J connectivity index is 2.39. The number of nitrogens with two attached hydrogens (primary N) is 1. The van der Waals surface area contributed by atoms with Gasteiger partial charge >= 0.3 is 0 Å². The Morgan fingerprint density at radius 2 is 2.33 bits per heavy atom. The van der Waals surface area contributed by atoms with Crippen LogP contribution in [0.15, 0.2) is 11.8 Å². The molecule has 1 nitrogen and oxygen atoms in total. The maximum atomic E-state index is 5.66. The molecule has 0 saturated carbocycles. The van der Waals surface area contributed by atoms with E-state index in [1.165, 1.54) is 19.3 Å². The van der Waals surface area contributed by atoms with Crippen molar-refractivity contribution in [2.75, 3.05) is 0 Å². The normalized spacial score (nSPS) is 29.0. The quantitative estimate of drug-likeness (QED) is 0.526. The summed E-state index contributed by atoms with van der Waals surface area (Å²) in [5.41, 5.74) is 6.75. The Bertz CT molecular complexity index is 116. The van der Waals surface area contributed by atoms with Gasteiger partial charge < -0.3 is 5.73 Å². The van der Waals surface area contributed by atoms with Crippen LogP contribution < -0.4 is 5.73 Å². The third kappa shape index (κ3) is 2.08. The Morgan fingerprint density at radius 1 is 1.56 bits per heavy atom. The Hall–Kier alpha value is -0.460. The lowest BCUT2D eigenvalue weighted by Gasteiger charge is -2.03. The van der Waals surface area contributed by atoms with Gasteiger partial charge in [0.1, 0.15) is 0 Å². The highest BCUT2D eigenvalue weighted by atomic mass is 14.6. The lowest BCUT2D eigenvalue weighted by atomic mass is 10.0. The van der Waals surface area contributed by atoms with E-state index in [-0.39, 0.29) is 0 Å². The van der Waals surface area contributed by atoms with E-state index in [4.69, 9.17) is 5.73 Å². The number of allylic oxidation sites excluding steroid dienone is 2. The monoisotopic (exact) mass is 125 g/mol. The van der Waals surface area contributed by atoms with Crippen molar-refractivity contribution in [3.63, 3.8) is 0 Å². The fourth-order valence-corrected chi connectivity index (χ4v) is 1.21. The maximum Gasteiger partial charge on any atom is 0.00400 e. The number of rotatable bonds is 0. The van der Waals surface area contributed by atoms with Crippen molar-refractivity contribution in [2.45, 2.75) is 32.6 Å². The van der Waals surface area contributed by atoms with Crippen LogP contribution in [-0.4, -0.2) is 0 Å². The zero-order valence-electron chi connectivity index (χ0n) is 6.06. The molecule has 52 valence electrons. The summed E-state index contributed by atoms with van der Waals surface area (Å²) < 4.78 is 0. The van der Waals surface area contributed by atoms with Crippen molar-refractivity contribution < 1.29 is 0 Å². The average molecular weight is 125 g/mol. The second-order valence-electron chi connectivity index (χ2n) is 3.00. The minimum absolute atomic E-state index is 0.877. The van der Waals surface area contributed by atoms with E-state index in [2.05, 4.69) is 13.0 Å². The smallest absolute Gasteiger partial charge is 0.00400 e. The van der Waals surface area contributed by atoms with Crippen LogP contribution in [0.4, 0.5) is 0 Å². The highest BCUT2D eigenvalue weighted by Gasteiger charge is 2.05. The summed E-state index contributed by atoms with van der Waals surface area (Å²) in [6, 6.07) is 0. The van der Waals surface area contributed by atoms with Crippen LogP contribution in [0.25, 0.3) is 0 Å². The Morgan fingerprint density at radius 3 is 3.11 bits per heavy atom.